The molecule has 0 heterocycles. The summed E-state index contributed by atoms with van der Waals surface area (Å²) in [6.07, 6.45) is 0.629. The Morgan fingerprint density at radius 3 is 2.70 bits per heavy atom. The molecule has 1 N–H and O–H groups in total. The van der Waals surface area contributed by atoms with E-state index < -0.39 is 5.91 Å². The van der Waals surface area contributed by atoms with Crippen LogP contribution in [0.25, 0.3) is 0 Å². The zero-order chi connectivity index (χ0) is 16.8. The van der Waals surface area contributed by atoms with Crippen molar-refractivity contribution in [3.8, 4) is 11.5 Å². The largest absolute Gasteiger partial charge is 0.497 e. The molecule has 0 saturated carbocycles. The summed E-state index contributed by atoms with van der Waals surface area (Å²) < 4.78 is 10.4. The second-order valence-corrected chi connectivity index (χ2v) is 5.33. The molecule has 0 aliphatic heterocycles. The summed E-state index contributed by atoms with van der Waals surface area (Å²) in [5, 5.41) is 3.40. The third kappa shape index (κ3) is 4.61. The van der Waals surface area contributed by atoms with Gasteiger partial charge in [-0.05, 0) is 36.4 Å². The molecule has 1 amide bonds. The number of halogens is 2. The van der Waals surface area contributed by atoms with Crippen LogP contribution >= 0.6 is 23.2 Å². The van der Waals surface area contributed by atoms with Gasteiger partial charge in [0.05, 0.1) is 23.4 Å². The van der Waals surface area contributed by atoms with Crippen molar-refractivity contribution in [2.45, 2.75) is 0 Å². The predicted octanol–water partition coefficient (Wildman–Crippen LogP) is 3.83. The average molecular weight is 354 g/mol. The van der Waals surface area contributed by atoms with Crippen LogP contribution in [0.15, 0.2) is 36.4 Å². The average Bonchev–Trinajstić information content (AvgIpc) is 2.56. The van der Waals surface area contributed by atoms with E-state index in [0.717, 1.165) is 0 Å². The molecule has 2 rings (SSSR count). The molecule has 23 heavy (non-hydrogen) atoms. The van der Waals surface area contributed by atoms with E-state index in [-0.39, 0.29) is 17.9 Å². The highest BCUT2D eigenvalue weighted by molar-refractivity contribution is 6.35. The lowest BCUT2D eigenvalue weighted by Gasteiger charge is -2.11. The monoisotopic (exact) mass is 353 g/mol. The molecular formula is C16H13Cl2NO4. The van der Waals surface area contributed by atoms with Gasteiger partial charge in [0.2, 0.25) is 0 Å². The first-order chi connectivity index (χ1) is 11.0. The molecule has 120 valence electrons. The van der Waals surface area contributed by atoms with Crippen molar-refractivity contribution in [1.82, 2.24) is 0 Å². The number of hydrogen-bond acceptors (Lipinski definition) is 4. The normalized spacial score (nSPS) is 10.0. The molecular weight excluding hydrogens is 341 g/mol. The minimum atomic E-state index is -0.429. The maximum Gasteiger partial charge on any atom is 0.262 e. The van der Waals surface area contributed by atoms with Crippen LogP contribution in [-0.4, -0.2) is 25.9 Å². The van der Waals surface area contributed by atoms with Crippen molar-refractivity contribution in [3.05, 3.63) is 52.0 Å². The molecule has 0 radical (unpaired) electrons. The van der Waals surface area contributed by atoms with E-state index in [4.69, 9.17) is 32.7 Å². The van der Waals surface area contributed by atoms with Crippen LogP contribution in [0.1, 0.15) is 10.4 Å². The summed E-state index contributed by atoms with van der Waals surface area (Å²) in [6, 6.07) is 9.44. The number of benzene rings is 2. The van der Waals surface area contributed by atoms with Gasteiger partial charge in [-0.25, -0.2) is 0 Å². The van der Waals surface area contributed by atoms with Crippen molar-refractivity contribution >= 4 is 41.1 Å². The Morgan fingerprint density at radius 2 is 2.00 bits per heavy atom. The molecule has 2 aromatic carbocycles. The van der Waals surface area contributed by atoms with Gasteiger partial charge in [-0.15, -0.1) is 0 Å². The van der Waals surface area contributed by atoms with Crippen LogP contribution in [0.3, 0.4) is 0 Å². The topological polar surface area (TPSA) is 64.6 Å². The molecule has 0 aromatic heterocycles. The third-order valence-corrected chi connectivity index (χ3v) is 3.47. The molecule has 0 bridgehead atoms. The minimum Gasteiger partial charge on any atom is -0.497 e. The van der Waals surface area contributed by atoms with E-state index in [1.165, 1.54) is 19.2 Å². The molecule has 0 saturated heterocycles. The fourth-order valence-electron chi connectivity index (χ4n) is 1.80. The highest BCUT2D eigenvalue weighted by Gasteiger charge is 2.10. The number of carbonyl (C=O) groups excluding carboxylic acids is 2. The van der Waals surface area contributed by atoms with Gasteiger partial charge in [-0.1, -0.05) is 23.2 Å². The fraction of sp³-hybridized carbons (Fsp3) is 0.125. The fourth-order valence-corrected chi connectivity index (χ4v) is 2.14. The first kappa shape index (κ1) is 17.1. The summed E-state index contributed by atoms with van der Waals surface area (Å²) >= 11 is 11.8. The van der Waals surface area contributed by atoms with Crippen LogP contribution in [0.2, 0.25) is 10.0 Å². The van der Waals surface area contributed by atoms with E-state index in [1.807, 2.05) is 0 Å². The zero-order valence-corrected chi connectivity index (χ0v) is 13.6. The van der Waals surface area contributed by atoms with Gasteiger partial charge in [0.1, 0.15) is 11.5 Å². The number of carbonyl (C=O) groups is 2. The number of hydrogen-bond donors (Lipinski definition) is 1. The summed E-state index contributed by atoms with van der Waals surface area (Å²) in [5.74, 6) is 0.379. The molecule has 0 fully saturated rings. The Balaban J connectivity index is 2.02. The van der Waals surface area contributed by atoms with Crippen molar-refractivity contribution in [3.63, 3.8) is 0 Å². The summed E-state index contributed by atoms with van der Waals surface area (Å²) in [5.41, 5.74) is 0.677. The Bertz CT molecular complexity index is 734. The first-order valence-corrected chi connectivity index (χ1v) is 7.30. The third-order valence-electron chi connectivity index (χ3n) is 2.91. The van der Waals surface area contributed by atoms with Gasteiger partial charge in [0.15, 0.2) is 12.9 Å². The summed E-state index contributed by atoms with van der Waals surface area (Å²) in [7, 11) is 1.49. The zero-order valence-electron chi connectivity index (χ0n) is 12.1. The van der Waals surface area contributed by atoms with Gasteiger partial charge in [0.25, 0.3) is 5.91 Å². The highest BCUT2D eigenvalue weighted by Crippen LogP contribution is 2.26. The van der Waals surface area contributed by atoms with Crippen LogP contribution < -0.4 is 14.8 Å². The molecule has 0 aliphatic rings. The Morgan fingerprint density at radius 1 is 1.22 bits per heavy atom. The smallest absolute Gasteiger partial charge is 0.262 e. The van der Waals surface area contributed by atoms with E-state index in [0.29, 0.717) is 27.8 Å². The molecule has 0 spiro atoms. The number of amides is 1. The maximum absolute atomic E-state index is 11.9. The minimum absolute atomic E-state index is 0.282. The summed E-state index contributed by atoms with van der Waals surface area (Å²) in [6.45, 7) is -0.282. The van der Waals surface area contributed by atoms with Gasteiger partial charge >= 0.3 is 0 Å². The van der Waals surface area contributed by atoms with E-state index in [2.05, 4.69) is 5.32 Å². The second kappa shape index (κ2) is 7.85. The van der Waals surface area contributed by atoms with Crippen LogP contribution in [-0.2, 0) is 4.79 Å². The molecule has 0 unspecified atom stereocenters. The predicted molar refractivity (Wildman–Crippen MR) is 89.0 cm³/mol. The first-order valence-electron chi connectivity index (χ1n) is 6.54. The number of methoxy groups -OCH3 is 1. The van der Waals surface area contributed by atoms with Crippen molar-refractivity contribution in [1.29, 1.82) is 0 Å². The maximum atomic E-state index is 11.9. The molecule has 0 aliphatic carbocycles. The van der Waals surface area contributed by atoms with Gasteiger partial charge in [-0.2, -0.15) is 0 Å². The van der Waals surface area contributed by atoms with Crippen LogP contribution in [0.4, 0.5) is 5.69 Å². The van der Waals surface area contributed by atoms with Gasteiger partial charge in [-0.3, -0.25) is 9.59 Å². The van der Waals surface area contributed by atoms with Crippen LogP contribution in [0.5, 0.6) is 11.5 Å². The molecule has 5 nitrogen and oxygen atoms in total. The van der Waals surface area contributed by atoms with Crippen LogP contribution in [0, 0.1) is 0 Å². The van der Waals surface area contributed by atoms with Crippen molar-refractivity contribution in [2.75, 3.05) is 19.0 Å². The quantitative estimate of drug-likeness (QED) is 0.801. The lowest BCUT2D eigenvalue weighted by molar-refractivity contribution is -0.118. The number of anilines is 1. The van der Waals surface area contributed by atoms with Gasteiger partial charge < -0.3 is 14.8 Å². The van der Waals surface area contributed by atoms with Crippen molar-refractivity contribution in [2.24, 2.45) is 0 Å². The molecule has 0 atom stereocenters. The second-order valence-electron chi connectivity index (χ2n) is 4.48. The standard InChI is InChI=1S/C16H13Cl2NO4/c1-22-12-3-5-15(10(6-12)8-20)23-9-16(21)19-14-7-11(17)2-4-13(14)18/h2-8H,9H2,1H3,(H,19,21). The number of rotatable bonds is 6. The summed E-state index contributed by atoms with van der Waals surface area (Å²) in [4.78, 5) is 23.0. The van der Waals surface area contributed by atoms with Gasteiger partial charge in [0, 0.05) is 5.02 Å². The lowest BCUT2D eigenvalue weighted by atomic mass is 10.2. The van der Waals surface area contributed by atoms with E-state index >= 15 is 0 Å². The number of aldehydes is 1. The van der Waals surface area contributed by atoms with Crippen molar-refractivity contribution < 1.29 is 19.1 Å². The molecule has 2 aromatic rings. The van der Waals surface area contributed by atoms with E-state index in [1.54, 1.807) is 24.3 Å². The Hall–Kier alpha value is -2.24. The lowest BCUT2D eigenvalue weighted by Crippen LogP contribution is -2.20. The Kier molecular flexibility index (Phi) is 5.84. The Labute approximate surface area is 143 Å². The SMILES string of the molecule is COc1ccc(OCC(=O)Nc2cc(Cl)ccc2Cl)c(C=O)c1. The number of ether oxygens (including phenoxy) is 2. The number of nitrogens with one attached hydrogen (secondary N) is 1. The van der Waals surface area contributed by atoms with E-state index in [9.17, 15) is 9.59 Å². The molecule has 7 heteroatoms. The highest BCUT2D eigenvalue weighted by atomic mass is 35.5.